The van der Waals surface area contributed by atoms with E-state index < -0.39 is 10.2 Å². The molecule has 2 fully saturated rings. The first kappa shape index (κ1) is 15.2. The number of nitrogens with one attached hydrogen (secondary N) is 1. The summed E-state index contributed by atoms with van der Waals surface area (Å²) in [6, 6.07) is -0.0387. The lowest BCUT2D eigenvalue weighted by molar-refractivity contribution is 0.0169. The molecule has 2 aliphatic rings. The second-order valence-corrected chi connectivity index (χ2v) is 7.28. The molecule has 2 rings (SSSR count). The van der Waals surface area contributed by atoms with Crippen LogP contribution in [0.4, 0.5) is 0 Å². The summed E-state index contributed by atoms with van der Waals surface area (Å²) >= 11 is 0. The molecule has 0 saturated carbocycles. The first-order valence-electron chi connectivity index (χ1n) is 7.01. The smallest absolute Gasteiger partial charge is 0.279 e. The fraction of sp³-hybridized carbons (Fsp3) is 1.00. The van der Waals surface area contributed by atoms with E-state index >= 15 is 0 Å². The Morgan fingerprint density at radius 1 is 1.42 bits per heavy atom. The van der Waals surface area contributed by atoms with Crippen LogP contribution in [0.15, 0.2) is 0 Å². The van der Waals surface area contributed by atoms with Crippen LogP contribution in [0.2, 0.25) is 0 Å². The van der Waals surface area contributed by atoms with E-state index in [9.17, 15) is 13.5 Å². The first-order valence-corrected chi connectivity index (χ1v) is 8.45. The predicted octanol–water partition coefficient (Wildman–Crippen LogP) is 0.0926. The minimum absolute atomic E-state index is 0.0387. The highest BCUT2D eigenvalue weighted by Gasteiger charge is 2.31. The Kier molecular flexibility index (Phi) is 5.19. The molecule has 6 nitrogen and oxygen atoms in total. The van der Waals surface area contributed by atoms with Crippen molar-refractivity contribution in [3.8, 4) is 0 Å². The first-order chi connectivity index (χ1) is 9.01. The monoisotopic (exact) mass is 292 g/mol. The summed E-state index contributed by atoms with van der Waals surface area (Å²) < 4.78 is 34.3. The normalized spacial score (nSPS) is 34.3. The number of nitrogens with zero attached hydrogens (tertiary/aromatic N) is 1. The third-order valence-corrected chi connectivity index (χ3v) is 5.52. The number of hydrogen-bond acceptors (Lipinski definition) is 4. The van der Waals surface area contributed by atoms with Crippen molar-refractivity contribution in [1.29, 1.82) is 0 Å². The van der Waals surface area contributed by atoms with E-state index in [1.165, 1.54) is 4.31 Å². The fourth-order valence-electron chi connectivity index (χ4n) is 2.78. The van der Waals surface area contributed by atoms with Gasteiger partial charge in [0.25, 0.3) is 10.2 Å². The molecule has 2 saturated heterocycles. The number of aliphatic hydroxyl groups excluding tert-OH is 1. The zero-order valence-corrected chi connectivity index (χ0v) is 12.2. The third kappa shape index (κ3) is 4.13. The van der Waals surface area contributed by atoms with Crippen molar-refractivity contribution in [2.45, 2.75) is 44.8 Å². The second-order valence-electron chi connectivity index (χ2n) is 5.57. The van der Waals surface area contributed by atoms with Gasteiger partial charge >= 0.3 is 0 Å². The van der Waals surface area contributed by atoms with Crippen molar-refractivity contribution >= 4 is 10.2 Å². The lowest BCUT2D eigenvalue weighted by Crippen LogP contribution is -2.51. The summed E-state index contributed by atoms with van der Waals surface area (Å²) in [6.45, 7) is 3.59. The summed E-state index contributed by atoms with van der Waals surface area (Å²) in [6.07, 6.45) is 3.26. The Balaban J connectivity index is 1.93. The topological polar surface area (TPSA) is 78.9 Å². The van der Waals surface area contributed by atoms with Crippen LogP contribution in [0.1, 0.15) is 32.6 Å². The van der Waals surface area contributed by atoms with Crippen LogP contribution in [0.5, 0.6) is 0 Å². The average molecular weight is 292 g/mol. The van der Waals surface area contributed by atoms with Gasteiger partial charge < -0.3 is 9.84 Å². The summed E-state index contributed by atoms with van der Waals surface area (Å²) in [5.74, 6) is 0.0685. The summed E-state index contributed by atoms with van der Waals surface area (Å²) in [5, 5.41) is 9.17. The Labute approximate surface area is 115 Å². The summed E-state index contributed by atoms with van der Waals surface area (Å²) in [5.41, 5.74) is 0. The number of piperidine rings is 1. The maximum Gasteiger partial charge on any atom is 0.279 e. The maximum absolute atomic E-state index is 12.3. The molecular weight excluding hydrogens is 268 g/mol. The van der Waals surface area contributed by atoms with Gasteiger partial charge in [-0.1, -0.05) is 0 Å². The highest BCUT2D eigenvalue weighted by atomic mass is 32.2. The molecule has 19 heavy (non-hydrogen) atoms. The summed E-state index contributed by atoms with van der Waals surface area (Å²) in [7, 11) is -3.43. The highest BCUT2D eigenvalue weighted by molar-refractivity contribution is 7.87. The number of aliphatic hydroxyl groups is 1. The molecule has 0 aromatic rings. The van der Waals surface area contributed by atoms with Gasteiger partial charge in [-0.25, -0.2) is 0 Å². The molecule has 0 aromatic carbocycles. The third-order valence-electron chi connectivity index (χ3n) is 3.88. The minimum atomic E-state index is -3.43. The lowest BCUT2D eigenvalue weighted by atomic mass is 10.0. The van der Waals surface area contributed by atoms with Crippen molar-refractivity contribution < 1.29 is 18.3 Å². The van der Waals surface area contributed by atoms with Gasteiger partial charge in [0, 0.05) is 32.3 Å². The quantitative estimate of drug-likeness (QED) is 0.770. The van der Waals surface area contributed by atoms with Crippen molar-refractivity contribution in [2.75, 3.05) is 26.3 Å². The standard InChI is InChI=1S/C12H24N2O4S/c1-10-7-12(4-6-18-10)13-19(16,17)14-5-2-3-11(8-14)9-15/h10-13,15H,2-9H2,1H3. The van der Waals surface area contributed by atoms with Crippen LogP contribution in [0, 0.1) is 5.92 Å². The van der Waals surface area contributed by atoms with Crippen LogP contribution in [0.25, 0.3) is 0 Å². The van der Waals surface area contributed by atoms with Gasteiger partial charge in [0.05, 0.1) is 6.10 Å². The largest absolute Gasteiger partial charge is 0.396 e. The van der Waals surface area contributed by atoms with Gasteiger partial charge in [-0.05, 0) is 38.5 Å². The SMILES string of the molecule is CC1CC(NS(=O)(=O)N2CCCC(CO)C2)CCO1. The van der Waals surface area contributed by atoms with Gasteiger partial charge in [0.1, 0.15) is 0 Å². The van der Waals surface area contributed by atoms with Gasteiger partial charge in [-0.2, -0.15) is 17.4 Å². The van der Waals surface area contributed by atoms with Gasteiger partial charge in [0.15, 0.2) is 0 Å². The molecule has 2 aliphatic heterocycles. The van der Waals surface area contributed by atoms with Crippen molar-refractivity contribution in [2.24, 2.45) is 5.92 Å². The number of ether oxygens (including phenoxy) is 1. The van der Waals surface area contributed by atoms with E-state index in [0.717, 1.165) is 25.7 Å². The molecule has 0 aliphatic carbocycles. The lowest BCUT2D eigenvalue weighted by Gasteiger charge is -2.34. The van der Waals surface area contributed by atoms with E-state index in [-0.39, 0.29) is 24.7 Å². The molecule has 3 atom stereocenters. The zero-order valence-electron chi connectivity index (χ0n) is 11.4. The van der Waals surface area contributed by atoms with Crippen LogP contribution >= 0.6 is 0 Å². The molecule has 0 bridgehead atoms. The summed E-state index contributed by atoms with van der Waals surface area (Å²) in [4.78, 5) is 0. The number of rotatable bonds is 4. The van der Waals surface area contributed by atoms with E-state index in [0.29, 0.717) is 19.7 Å². The van der Waals surface area contributed by atoms with E-state index in [2.05, 4.69) is 4.72 Å². The van der Waals surface area contributed by atoms with E-state index in [4.69, 9.17) is 4.74 Å². The maximum atomic E-state index is 12.3. The molecule has 2 N–H and O–H groups in total. The average Bonchev–Trinajstić information content (AvgIpc) is 2.38. The van der Waals surface area contributed by atoms with E-state index in [1.54, 1.807) is 0 Å². The van der Waals surface area contributed by atoms with E-state index in [1.807, 2.05) is 6.92 Å². The van der Waals surface area contributed by atoms with Gasteiger partial charge in [-0.3, -0.25) is 0 Å². The molecule has 0 amide bonds. The Hall–Kier alpha value is -0.210. The Morgan fingerprint density at radius 2 is 2.21 bits per heavy atom. The van der Waals surface area contributed by atoms with Crippen LogP contribution in [-0.4, -0.2) is 56.3 Å². The molecule has 112 valence electrons. The second kappa shape index (κ2) is 6.49. The molecular formula is C12H24N2O4S. The van der Waals surface area contributed by atoms with Gasteiger partial charge in [-0.15, -0.1) is 0 Å². The molecule has 0 radical (unpaired) electrons. The number of hydrogen-bond donors (Lipinski definition) is 2. The van der Waals surface area contributed by atoms with Gasteiger partial charge in [0.2, 0.25) is 0 Å². The molecule has 2 heterocycles. The van der Waals surface area contributed by atoms with Crippen molar-refractivity contribution in [3.05, 3.63) is 0 Å². The molecule has 0 spiro atoms. The molecule has 7 heteroatoms. The highest BCUT2D eigenvalue weighted by Crippen LogP contribution is 2.20. The molecule has 0 aromatic heterocycles. The fourth-order valence-corrected chi connectivity index (χ4v) is 4.35. The van der Waals surface area contributed by atoms with Crippen LogP contribution in [-0.2, 0) is 14.9 Å². The Morgan fingerprint density at radius 3 is 2.89 bits per heavy atom. The zero-order chi connectivity index (χ0) is 13.9. The van der Waals surface area contributed by atoms with Crippen LogP contribution < -0.4 is 4.72 Å². The molecule has 3 unspecified atom stereocenters. The van der Waals surface area contributed by atoms with Crippen molar-refractivity contribution in [1.82, 2.24) is 9.03 Å². The minimum Gasteiger partial charge on any atom is -0.396 e. The van der Waals surface area contributed by atoms with Crippen molar-refractivity contribution in [3.63, 3.8) is 0 Å². The van der Waals surface area contributed by atoms with Crippen LogP contribution in [0.3, 0.4) is 0 Å². The predicted molar refractivity (Wildman–Crippen MR) is 71.9 cm³/mol. The Bertz CT molecular complexity index is 387.